The number of halogens is 3. The van der Waals surface area contributed by atoms with Crippen molar-refractivity contribution in [1.29, 1.82) is 0 Å². The second kappa shape index (κ2) is 6.97. The third-order valence-corrected chi connectivity index (χ3v) is 3.47. The molecule has 2 aromatic carbocycles. The summed E-state index contributed by atoms with van der Waals surface area (Å²) in [6.45, 7) is -0.231. The summed E-state index contributed by atoms with van der Waals surface area (Å²) in [6.07, 6.45) is 0. The molecule has 0 aliphatic rings. The third-order valence-electron chi connectivity index (χ3n) is 2.30. The highest BCUT2D eigenvalue weighted by Gasteiger charge is 2.10. The monoisotopic (exact) mass is 374 g/mol. The van der Waals surface area contributed by atoms with Crippen LogP contribution in [-0.2, 0) is 4.79 Å². The van der Waals surface area contributed by atoms with Crippen molar-refractivity contribution in [3.05, 3.63) is 57.0 Å². The Bertz CT molecular complexity index is 632. The van der Waals surface area contributed by atoms with E-state index in [0.717, 1.165) is 0 Å². The van der Waals surface area contributed by atoms with Crippen molar-refractivity contribution in [2.45, 2.75) is 0 Å². The first-order chi connectivity index (χ1) is 9.56. The number of esters is 1. The van der Waals surface area contributed by atoms with E-state index in [1.54, 1.807) is 42.5 Å². The van der Waals surface area contributed by atoms with Gasteiger partial charge in [0.2, 0.25) is 0 Å². The molecule has 0 amide bonds. The van der Waals surface area contributed by atoms with E-state index < -0.39 is 5.97 Å². The Kier molecular flexibility index (Phi) is 5.29. The SMILES string of the molecule is O=C(COc1ccc(Cl)cc1Br)Oc1ccccc1Cl. The van der Waals surface area contributed by atoms with Crippen molar-refractivity contribution < 1.29 is 14.3 Å². The molecule has 0 aliphatic heterocycles. The molecule has 0 radical (unpaired) electrons. The highest BCUT2D eigenvalue weighted by atomic mass is 79.9. The van der Waals surface area contributed by atoms with Gasteiger partial charge in [0.1, 0.15) is 11.5 Å². The van der Waals surface area contributed by atoms with Crippen LogP contribution < -0.4 is 9.47 Å². The van der Waals surface area contributed by atoms with Gasteiger partial charge in [0.15, 0.2) is 6.61 Å². The number of hydrogen-bond acceptors (Lipinski definition) is 3. The molecule has 0 saturated heterocycles. The van der Waals surface area contributed by atoms with Crippen LogP contribution in [0.5, 0.6) is 11.5 Å². The maximum Gasteiger partial charge on any atom is 0.349 e. The van der Waals surface area contributed by atoms with E-state index in [-0.39, 0.29) is 6.61 Å². The molecule has 3 nitrogen and oxygen atoms in total. The maximum absolute atomic E-state index is 11.7. The summed E-state index contributed by atoms with van der Waals surface area (Å²) in [5.41, 5.74) is 0. The van der Waals surface area contributed by atoms with Crippen molar-refractivity contribution in [1.82, 2.24) is 0 Å². The normalized spacial score (nSPS) is 10.2. The summed E-state index contributed by atoms with van der Waals surface area (Å²) in [4.78, 5) is 11.7. The minimum atomic E-state index is -0.542. The molecule has 0 heterocycles. The number of carbonyl (C=O) groups excluding carboxylic acids is 1. The summed E-state index contributed by atoms with van der Waals surface area (Å²) in [6, 6.07) is 11.7. The number of benzene rings is 2. The predicted octanol–water partition coefficient (Wildman–Crippen LogP) is 4.74. The van der Waals surface area contributed by atoms with Gasteiger partial charge < -0.3 is 9.47 Å². The fourth-order valence-electron chi connectivity index (χ4n) is 1.41. The second-order valence-corrected chi connectivity index (χ2v) is 5.47. The molecule has 0 atom stereocenters. The van der Waals surface area contributed by atoms with E-state index in [0.29, 0.717) is 26.0 Å². The first-order valence-electron chi connectivity index (χ1n) is 5.59. The topological polar surface area (TPSA) is 35.5 Å². The minimum absolute atomic E-state index is 0.231. The highest BCUT2D eigenvalue weighted by molar-refractivity contribution is 9.10. The van der Waals surface area contributed by atoms with Gasteiger partial charge in [-0.05, 0) is 46.3 Å². The zero-order chi connectivity index (χ0) is 14.5. The van der Waals surface area contributed by atoms with Crippen molar-refractivity contribution >= 4 is 45.1 Å². The lowest BCUT2D eigenvalue weighted by Crippen LogP contribution is -2.18. The summed E-state index contributed by atoms with van der Waals surface area (Å²) in [5, 5.41) is 0.941. The lowest BCUT2D eigenvalue weighted by Gasteiger charge is -2.09. The van der Waals surface area contributed by atoms with E-state index in [9.17, 15) is 4.79 Å². The van der Waals surface area contributed by atoms with Crippen LogP contribution in [0.25, 0.3) is 0 Å². The highest BCUT2D eigenvalue weighted by Crippen LogP contribution is 2.28. The first-order valence-corrected chi connectivity index (χ1v) is 7.14. The minimum Gasteiger partial charge on any atom is -0.481 e. The van der Waals surface area contributed by atoms with Crippen LogP contribution in [-0.4, -0.2) is 12.6 Å². The molecule has 0 bridgehead atoms. The number of carbonyl (C=O) groups is 1. The van der Waals surface area contributed by atoms with Crippen molar-refractivity contribution in [2.24, 2.45) is 0 Å². The molecule has 0 spiro atoms. The van der Waals surface area contributed by atoms with Crippen LogP contribution in [0, 0.1) is 0 Å². The van der Waals surface area contributed by atoms with Crippen LogP contribution in [0.1, 0.15) is 0 Å². The third kappa shape index (κ3) is 4.13. The summed E-state index contributed by atoms with van der Waals surface area (Å²) >= 11 is 15.0. The van der Waals surface area contributed by atoms with Crippen LogP contribution in [0.15, 0.2) is 46.9 Å². The molecular weight excluding hydrogens is 367 g/mol. The van der Waals surface area contributed by atoms with Gasteiger partial charge in [-0.1, -0.05) is 35.3 Å². The van der Waals surface area contributed by atoms with Gasteiger partial charge in [0.25, 0.3) is 0 Å². The van der Waals surface area contributed by atoms with Gasteiger partial charge in [0.05, 0.1) is 9.50 Å². The molecule has 0 aromatic heterocycles. The van der Waals surface area contributed by atoms with Gasteiger partial charge in [-0.2, -0.15) is 0 Å². The Morgan fingerprint density at radius 2 is 1.85 bits per heavy atom. The summed E-state index contributed by atoms with van der Waals surface area (Å²) in [7, 11) is 0. The lowest BCUT2D eigenvalue weighted by atomic mass is 10.3. The van der Waals surface area contributed by atoms with E-state index in [1.165, 1.54) is 0 Å². The number of ether oxygens (including phenoxy) is 2. The van der Waals surface area contributed by atoms with Gasteiger partial charge >= 0.3 is 5.97 Å². The molecule has 0 unspecified atom stereocenters. The number of para-hydroxylation sites is 1. The van der Waals surface area contributed by atoms with Crippen molar-refractivity contribution in [3.63, 3.8) is 0 Å². The number of rotatable bonds is 4. The second-order valence-electron chi connectivity index (χ2n) is 3.77. The number of hydrogen-bond donors (Lipinski definition) is 0. The maximum atomic E-state index is 11.7. The molecule has 20 heavy (non-hydrogen) atoms. The van der Waals surface area contributed by atoms with E-state index in [4.69, 9.17) is 32.7 Å². The zero-order valence-corrected chi connectivity index (χ0v) is 13.2. The van der Waals surface area contributed by atoms with E-state index >= 15 is 0 Å². The Morgan fingerprint density at radius 1 is 1.10 bits per heavy atom. The van der Waals surface area contributed by atoms with E-state index in [2.05, 4.69) is 15.9 Å². The molecule has 0 saturated carbocycles. The predicted molar refractivity (Wildman–Crippen MR) is 81.7 cm³/mol. The molecule has 0 N–H and O–H groups in total. The van der Waals surface area contributed by atoms with Gasteiger partial charge in [-0.3, -0.25) is 0 Å². The fraction of sp³-hybridized carbons (Fsp3) is 0.0714. The Morgan fingerprint density at radius 3 is 2.55 bits per heavy atom. The molecule has 2 rings (SSSR count). The average molecular weight is 376 g/mol. The fourth-order valence-corrected chi connectivity index (χ4v) is 2.38. The van der Waals surface area contributed by atoms with E-state index in [1.807, 2.05) is 0 Å². The lowest BCUT2D eigenvalue weighted by molar-refractivity contribution is -0.136. The molecule has 6 heteroatoms. The Balaban J connectivity index is 1.94. The average Bonchev–Trinajstić information content (AvgIpc) is 2.40. The largest absolute Gasteiger partial charge is 0.481 e. The van der Waals surface area contributed by atoms with Gasteiger partial charge in [-0.25, -0.2) is 4.79 Å². The van der Waals surface area contributed by atoms with Crippen molar-refractivity contribution in [2.75, 3.05) is 6.61 Å². The first kappa shape index (κ1) is 15.2. The van der Waals surface area contributed by atoms with Crippen LogP contribution in [0.2, 0.25) is 10.0 Å². The zero-order valence-electron chi connectivity index (χ0n) is 10.1. The van der Waals surface area contributed by atoms with Crippen LogP contribution >= 0.6 is 39.1 Å². The standard InChI is InChI=1S/C14H9BrCl2O3/c15-10-7-9(16)5-6-12(10)19-8-14(18)20-13-4-2-1-3-11(13)17/h1-7H,8H2. The molecule has 2 aromatic rings. The quantitative estimate of drug-likeness (QED) is 0.571. The van der Waals surface area contributed by atoms with Crippen LogP contribution in [0.4, 0.5) is 0 Å². The van der Waals surface area contributed by atoms with Crippen molar-refractivity contribution in [3.8, 4) is 11.5 Å². The van der Waals surface area contributed by atoms with Crippen LogP contribution in [0.3, 0.4) is 0 Å². The smallest absolute Gasteiger partial charge is 0.349 e. The molecule has 0 aliphatic carbocycles. The van der Waals surface area contributed by atoms with Gasteiger partial charge in [-0.15, -0.1) is 0 Å². The Hall–Kier alpha value is -1.23. The summed E-state index contributed by atoms with van der Waals surface area (Å²) in [5.74, 6) is 0.267. The molecular formula is C14H9BrCl2O3. The Labute approximate surface area is 134 Å². The molecule has 104 valence electrons. The molecule has 0 fully saturated rings. The van der Waals surface area contributed by atoms with Gasteiger partial charge in [0, 0.05) is 5.02 Å². The summed E-state index contributed by atoms with van der Waals surface area (Å²) < 4.78 is 11.1.